The van der Waals surface area contributed by atoms with Gasteiger partial charge in [-0.15, -0.1) is 12.4 Å². The van der Waals surface area contributed by atoms with E-state index in [2.05, 4.69) is 32.4 Å². The van der Waals surface area contributed by atoms with Crippen molar-refractivity contribution in [1.82, 2.24) is 15.5 Å². The monoisotopic (exact) mass is 331 g/mol. The van der Waals surface area contributed by atoms with Crippen molar-refractivity contribution in [2.75, 3.05) is 32.7 Å². The first kappa shape index (κ1) is 18.4. The molecule has 1 fully saturated rings. The largest absolute Gasteiger partial charge is 0.355 e. The van der Waals surface area contributed by atoms with E-state index in [1.807, 2.05) is 0 Å². The molecule has 1 amide bonds. The summed E-state index contributed by atoms with van der Waals surface area (Å²) in [6.07, 6.45) is 2.53. The molecular formula is C15H26ClN3OS. The molecule has 21 heavy (non-hydrogen) atoms. The lowest BCUT2D eigenvalue weighted by Gasteiger charge is -2.30. The molecule has 6 heteroatoms. The zero-order valence-electron chi connectivity index (χ0n) is 12.6. The highest BCUT2D eigenvalue weighted by Crippen LogP contribution is 2.16. The third kappa shape index (κ3) is 7.27. The van der Waals surface area contributed by atoms with E-state index in [-0.39, 0.29) is 18.3 Å². The Labute approximate surface area is 137 Å². The van der Waals surface area contributed by atoms with Crippen LogP contribution in [-0.2, 0) is 11.3 Å². The molecule has 0 aliphatic carbocycles. The van der Waals surface area contributed by atoms with Gasteiger partial charge in [0.15, 0.2) is 0 Å². The summed E-state index contributed by atoms with van der Waals surface area (Å²) in [4.78, 5) is 13.5. The van der Waals surface area contributed by atoms with Gasteiger partial charge in [-0.25, -0.2) is 0 Å². The second kappa shape index (κ2) is 10.2. The molecule has 0 spiro atoms. The Morgan fingerprint density at radius 1 is 1.48 bits per heavy atom. The number of amides is 1. The van der Waals surface area contributed by atoms with E-state index < -0.39 is 0 Å². The number of rotatable bonds is 7. The van der Waals surface area contributed by atoms with Crippen LogP contribution in [0.3, 0.4) is 0 Å². The summed E-state index contributed by atoms with van der Waals surface area (Å²) >= 11 is 1.75. The van der Waals surface area contributed by atoms with E-state index in [9.17, 15) is 4.79 Å². The zero-order chi connectivity index (χ0) is 14.2. The van der Waals surface area contributed by atoms with Crippen LogP contribution < -0.4 is 10.6 Å². The summed E-state index contributed by atoms with van der Waals surface area (Å²) in [6, 6.07) is 2.19. The van der Waals surface area contributed by atoms with Crippen molar-refractivity contribution >= 4 is 29.7 Å². The summed E-state index contributed by atoms with van der Waals surface area (Å²) in [6.45, 7) is 7.66. The van der Waals surface area contributed by atoms with Gasteiger partial charge in [0.05, 0.1) is 0 Å². The molecule has 0 unspecified atom stereocenters. The van der Waals surface area contributed by atoms with Gasteiger partial charge in [0.25, 0.3) is 0 Å². The highest BCUT2D eigenvalue weighted by molar-refractivity contribution is 7.07. The second-order valence-corrected chi connectivity index (χ2v) is 6.32. The Morgan fingerprint density at radius 3 is 2.86 bits per heavy atom. The van der Waals surface area contributed by atoms with Crippen molar-refractivity contribution in [1.29, 1.82) is 0 Å². The summed E-state index contributed by atoms with van der Waals surface area (Å²) < 4.78 is 0. The van der Waals surface area contributed by atoms with Gasteiger partial charge in [0.2, 0.25) is 5.91 Å². The van der Waals surface area contributed by atoms with Gasteiger partial charge in [-0.2, -0.15) is 11.3 Å². The average molecular weight is 332 g/mol. The molecule has 1 aromatic heterocycles. The summed E-state index contributed by atoms with van der Waals surface area (Å²) in [5, 5.41) is 10.7. The molecule has 2 heterocycles. The maximum absolute atomic E-state index is 11.0. The van der Waals surface area contributed by atoms with Crippen LogP contribution in [-0.4, -0.2) is 43.5 Å². The van der Waals surface area contributed by atoms with Crippen molar-refractivity contribution in [2.24, 2.45) is 5.92 Å². The first-order valence-corrected chi connectivity index (χ1v) is 8.37. The molecule has 0 radical (unpaired) electrons. The topological polar surface area (TPSA) is 44.4 Å². The number of hydrogen-bond donors (Lipinski definition) is 2. The standard InChI is InChI=1S/C15H25N3OS.ClH/c1-13(19)17-7-8-18(11-15-4-9-20-12-15)10-14-2-5-16-6-3-14;/h4,9,12,14,16H,2-3,5-8,10-11H2,1H3,(H,17,19);1H. The molecule has 0 atom stereocenters. The number of carbonyl (C=O) groups is 1. The molecule has 1 aliphatic rings. The van der Waals surface area contributed by atoms with E-state index in [1.165, 1.54) is 18.4 Å². The van der Waals surface area contributed by atoms with Crippen LogP contribution in [0.2, 0.25) is 0 Å². The molecule has 0 saturated carbocycles. The minimum atomic E-state index is 0. The molecule has 1 saturated heterocycles. The van der Waals surface area contributed by atoms with Crippen molar-refractivity contribution in [3.63, 3.8) is 0 Å². The number of piperidine rings is 1. The maximum atomic E-state index is 11.0. The Hall–Kier alpha value is -0.620. The van der Waals surface area contributed by atoms with E-state index in [4.69, 9.17) is 0 Å². The van der Waals surface area contributed by atoms with Crippen LogP contribution in [0.25, 0.3) is 0 Å². The molecular weight excluding hydrogens is 306 g/mol. The first-order chi connectivity index (χ1) is 9.74. The van der Waals surface area contributed by atoms with E-state index in [1.54, 1.807) is 18.3 Å². The van der Waals surface area contributed by atoms with Gasteiger partial charge in [-0.1, -0.05) is 0 Å². The fourth-order valence-corrected chi connectivity index (χ4v) is 3.36. The van der Waals surface area contributed by atoms with Crippen LogP contribution in [0.1, 0.15) is 25.3 Å². The van der Waals surface area contributed by atoms with Crippen molar-refractivity contribution in [3.05, 3.63) is 22.4 Å². The highest BCUT2D eigenvalue weighted by atomic mass is 35.5. The fraction of sp³-hybridized carbons (Fsp3) is 0.667. The molecule has 0 aromatic carbocycles. The predicted octanol–water partition coefficient (Wildman–Crippen LogP) is 2.11. The Kier molecular flexibility index (Phi) is 8.92. The highest BCUT2D eigenvalue weighted by Gasteiger charge is 2.17. The van der Waals surface area contributed by atoms with Crippen LogP contribution in [0, 0.1) is 5.92 Å². The third-order valence-corrected chi connectivity index (χ3v) is 4.50. The minimum Gasteiger partial charge on any atom is -0.355 e. The lowest BCUT2D eigenvalue weighted by atomic mass is 9.97. The summed E-state index contributed by atoms with van der Waals surface area (Å²) in [5.74, 6) is 0.842. The number of nitrogens with one attached hydrogen (secondary N) is 2. The number of nitrogens with zero attached hydrogens (tertiary/aromatic N) is 1. The smallest absolute Gasteiger partial charge is 0.216 e. The molecule has 2 N–H and O–H groups in total. The van der Waals surface area contributed by atoms with Gasteiger partial charge in [0.1, 0.15) is 0 Å². The van der Waals surface area contributed by atoms with E-state index in [0.29, 0.717) is 0 Å². The normalized spacial score (nSPS) is 15.7. The van der Waals surface area contributed by atoms with Crippen LogP contribution in [0.15, 0.2) is 16.8 Å². The van der Waals surface area contributed by atoms with Crippen molar-refractivity contribution in [3.8, 4) is 0 Å². The van der Waals surface area contributed by atoms with Gasteiger partial charge in [-0.3, -0.25) is 9.69 Å². The molecule has 1 aromatic rings. The van der Waals surface area contributed by atoms with E-state index >= 15 is 0 Å². The second-order valence-electron chi connectivity index (χ2n) is 5.54. The van der Waals surface area contributed by atoms with Crippen molar-refractivity contribution in [2.45, 2.75) is 26.3 Å². The quantitative estimate of drug-likeness (QED) is 0.804. The van der Waals surface area contributed by atoms with Gasteiger partial charge >= 0.3 is 0 Å². The third-order valence-electron chi connectivity index (χ3n) is 3.76. The Bertz CT molecular complexity index is 394. The van der Waals surface area contributed by atoms with Gasteiger partial charge in [0, 0.05) is 33.1 Å². The zero-order valence-corrected chi connectivity index (χ0v) is 14.3. The average Bonchev–Trinajstić information content (AvgIpc) is 2.92. The van der Waals surface area contributed by atoms with Crippen LogP contribution in [0.5, 0.6) is 0 Å². The predicted molar refractivity (Wildman–Crippen MR) is 91.1 cm³/mol. The Morgan fingerprint density at radius 2 is 2.24 bits per heavy atom. The van der Waals surface area contributed by atoms with Gasteiger partial charge in [-0.05, 0) is 54.2 Å². The number of thiophene rings is 1. The maximum Gasteiger partial charge on any atom is 0.216 e. The number of halogens is 1. The molecule has 4 nitrogen and oxygen atoms in total. The summed E-state index contributed by atoms with van der Waals surface area (Å²) in [5.41, 5.74) is 1.38. The van der Waals surface area contributed by atoms with E-state index in [0.717, 1.165) is 45.2 Å². The lowest BCUT2D eigenvalue weighted by molar-refractivity contribution is -0.119. The number of carbonyl (C=O) groups excluding carboxylic acids is 1. The Balaban J connectivity index is 0.00000220. The molecule has 120 valence electrons. The number of hydrogen-bond acceptors (Lipinski definition) is 4. The lowest BCUT2D eigenvalue weighted by Crippen LogP contribution is -2.39. The fourth-order valence-electron chi connectivity index (χ4n) is 2.70. The van der Waals surface area contributed by atoms with Gasteiger partial charge < -0.3 is 10.6 Å². The van der Waals surface area contributed by atoms with Crippen LogP contribution in [0.4, 0.5) is 0 Å². The molecule has 1 aliphatic heterocycles. The first-order valence-electron chi connectivity index (χ1n) is 7.42. The molecule has 0 bridgehead atoms. The molecule has 2 rings (SSSR count). The van der Waals surface area contributed by atoms with Crippen molar-refractivity contribution < 1.29 is 4.79 Å². The SMILES string of the molecule is CC(=O)NCCN(Cc1ccsc1)CC1CCNCC1.Cl. The van der Waals surface area contributed by atoms with Crippen LogP contribution >= 0.6 is 23.7 Å². The minimum absolute atomic E-state index is 0. The summed E-state index contributed by atoms with van der Waals surface area (Å²) in [7, 11) is 0.